The molecule has 1 amide bonds. The highest BCUT2D eigenvalue weighted by molar-refractivity contribution is 6.14. The van der Waals surface area contributed by atoms with E-state index in [2.05, 4.69) is 10.3 Å². The van der Waals surface area contributed by atoms with E-state index >= 15 is 0 Å². The van der Waals surface area contributed by atoms with Crippen LogP contribution in [0.2, 0.25) is 0 Å². The molecule has 0 unspecified atom stereocenters. The number of rotatable bonds is 3. The first-order valence-corrected chi connectivity index (χ1v) is 6.46. The monoisotopic (exact) mass is 298 g/mol. The maximum Gasteiger partial charge on any atom is 0.337 e. The van der Waals surface area contributed by atoms with Crippen LogP contribution in [-0.4, -0.2) is 22.0 Å². The molecule has 0 fully saturated rings. The van der Waals surface area contributed by atoms with Crippen molar-refractivity contribution in [2.45, 2.75) is 0 Å². The minimum atomic E-state index is -1.31. The maximum atomic E-state index is 13.1. The molecule has 3 rings (SSSR count). The minimum absolute atomic E-state index is 0.0455. The van der Waals surface area contributed by atoms with Crippen LogP contribution in [0, 0.1) is 5.82 Å². The molecule has 6 heteroatoms. The van der Waals surface area contributed by atoms with Crippen molar-refractivity contribution in [1.82, 2.24) is 4.98 Å². The number of carbonyl (C=O) groups excluding carboxylic acids is 1. The van der Waals surface area contributed by atoms with Gasteiger partial charge < -0.3 is 15.4 Å². The first-order valence-electron chi connectivity index (χ1n) is 6.46. The number of nitrogens with one attached hydrogen (secondary N) is 2. The summed E-state index contributed by atoms with van der Waals surface area (Å²) in [6.07, 6.45) is 1.55. The molecule has 0 saturated heterocycles. The van der Waals surface area contributed by atoms with E-state index in [1.807, 2.05) is 12.1 Å². The van der Waals surface area contributed by atoms with Crippen LogP contribution in [0.15, 0.2) is 48.7 Å². The van der Waals surface area contributed by atoms with E-state index in [-0.39, 0.29) is 11.3 Å². The van der Waals surface area contributed by atoms with Gasteiger partial charge in [-0.1, -0.05) is 18.2 Å². The lowest BCUT2D eigenvalue weighted by Crippen LogP contribution is -2.14. The number of aromatic nitrogens is 1. The number of carboxylic acids is 1. The summed E-state index contributed by atoms with van der Waals surface area (Å²) in [7, 11) is 0. The fraction of sp³-hybridized carbons (Fsp3) is 0. The molecule has 3 N–H and O–H groups in total. The highest BCUT2D eigenvalue weighted by atomic mass is 19.1. The lowest BCUT2D eigenvalue weighted by molar-refractivity contribution is 0.0697. The summed E-state index contributed by atoms with van der Waals surface area (Å²) >= 11 is 0. The van der Waals surface area contributed by atoms with Gasteiger partial charge in [0.25, 0.3) is 5.91 Å². The number of H-pyrrole nitrogens is 1. The summed E-state index contributed by atoms with van der Waals surface area (Å²) in [4.78, 5) is 26.4. The van der Waals surface area contributed by atoms with Crippen LogP contribution in [0.5, 0.6) is 0 Å². The third-order valence-corrected chi connectivity index (χ3v) is 3.29. The van der Waals surface area contributed by atoms with Crippen molar-refractivity contribution < 1.29 is 19.1 Å². The third-order valence-electron chi connectivity index (χ3n) is 3.29. The average Bonchev–Trinajstić information content (AvgIpc) is 2.93. The number of amides is 1. The van der Waals surface area contributed by atoms with Gasteiger partial charge >= 0.3 is 5.97 Å². The van der Waals surface area contributed by atoms with Gasteiger partial charge in [-0.05, 0) is 24.3 Å². The number of carbonyl (C=O) groups is 2. The lowest BCUT2D eigenvalue weighted by atomic mass is 10.1. The van der Waals surface area contributed by atoms with Gasteiger partial charge in [0.15, 0.2) is 0 Å². The van der Waals surface area contributed by atoms with Gasteiger partial charge in [-0.25, -0.2) is 9.18 Å². The molecule has 0 radical (unpaired) electrons. The molecular weight excluding hydrogens is 287 g/mol. The van der Waals surface area contributed by atoms with Crippen molar-refractivity contribution in [3.05, 3.63) is 65.6 Å². The molecule has 22 heavy (non-hydrogen) atoms. The molecule has 1 aromatic heterocycles. The fourth-order valence-corrected chi connectivity index (χ4v) is 2.25. The van der Waals surface area contributed by atoms with Crippen molar-refractivity contribution in [2.24, 2.45) is 0 Å². The highest BCUT2D eigenvalue weighted by Crippen LogP contribution is 2.21. The topological polar surface area (TPSA) is 82.2 Å². The van der Waals surface area contributed by atoms with Gasteiger partial charge in [-0.15, -0.1) is 0 Å². The molecule has 5 nitrogen and oxygen atoms in total. The molecule has 0 spiro atoms. The Bertz CT molecular complexity index is 886. The van der Waals surface area contributed by atoms with Gasteiger partial charge in [0, 0.05) is 17.1 Å². The van der Waals surface area contributed by atoms with Crippen molar-refractivity contribution in [1.29, 1.82) is 0 Å². The van der Waals surface area contributed by atoms with Crippen LogP contribution < -0.4 is 5.32 Å². The second-order valence-electron chi connectivity index (χ2n) is 4.70. The standard InChI is InChI=1S/C16H11FN2O3/c17-9-5-6-14(11(7-9)16(21)22)19-15(20)12-8-18-13-4-2-1-3-10(12)13/h1-8,18H,(H,19,20)(H,21,22). The molecule has 0 aliphatic heterocycles. The maximum absolute atomic E-state index is 13.1. The normalized spacial score (nSPS) is 10.6. The fourth-order valence-electron chi connectivity index (χ4n) is 2.25. The number of fused-ring (bicyclic) bond motifs is 1. The van der Waals surface area contributed by atoms with Gasteiger partial charge in [0.1, 0.15) is 5.82 Å². The van der Waals surface area contributed by atoms with Gasteiger partial charge in [0.05, 0.1) is 16.8 Å². The summed E-state index contributed by atoms with van der Waals surface area (Å²) in [5, 5.41) is 12.3. The van der Waals surface area contributed by atoms with Gasteiger partial charge in [-0.2, -0.15) is 0 Å². The van der Waals surface area contributed by atoms with Gasteiger partial charge in [-0.3, -0.25) is 4.79 Å². The Hall–Kier alpha value is -3.15. The van der Waals surface area contributed by atoms with E-state index in [4.69, 9.17) is 5.11 Å². The van der Waals surface area contributed by atoms with E-state index in [9.17, 15) is 14.0 Å². The van der Waals surface area contributed by atoms with Crippen LogP contribution in [0.4, 0.5) is 10.1 Å². The largest absolute Gasteiger partial charge is 0.478 e. The number of aromatic carboxylic acids is 1. The SMILES string of the molecule is O=C(O)c1cc(F)ccc1NC(=O)c1c[nH]c2ccccc12. The first-order chi connectivity index (χ1) is 10.6. The Morgan fingerprint density at radius 2 is 1.86 bits per heavy atom. The Labute approximate surface area is 124 Å². The van der Waals surface area contributed by atoms with Crippen molar-refractivity contribution >= 4 is 28.5 Å². The zero-order chi connectivity index (χ0) is 15.7. The van der Waals surface area contributed by atoms with Crippen LogP contribution in [0.1, 0.15) is 20.7 Å². The second kappa shape index (κ2) is 5.33. The summed E-state index contributed by atoms with van der Waals surface area (Å²) in [6.45, 7) is 0. The summed E-state index contributed by atoms with van der Waals surface area (Å²) in [5.74, 6) is -2.46. The molecular formula is C16H11FN2O3. The summed E-state index contributed by atoms with van der Waals surface area (Å²) in [5.41, 5.74) is 0.929. The molecule has 0 aliphatic carbocycles. The molecule has 110 valence electrons. The number of anilines is 1. The number of benzene rings is 2. The molecule has 0 bridgehead atoms. The van der Waals surface area contributed by atoms with Crippen molar-refractivity contribution in [3.63, 3.8) is 0 Å². The zero-order valence-electron chi connectivity index (χ0n) is 11.3. The minimum Gasteiger partial charge on any atom is -0.478 e. The molecule has 2 aromatic carbocycles. The summed E-state index contributed by atoms with van der Waals surface area (Å²) < 4.78 is 13.1. The zero-order valence-corrected chi connectivity index (χ0v) is 11.3. The number of carboxylic acid groups (broad SMARTS) is 1. The Kier molecular flexibility index (Phi) is 3.34. The first kappa shape index (κ1) is 13.8. The van der Waals surface area contributed by atoms with Crippen LogP contribution in [0.3, 0.4) is 0 Å². The van der Waals surface area contributed by atoms with E-state index in [0.29, 0.717) is 5.56 Å². The third kappa shape index (κ3) is 2.42. The predicted molar refractivity (Wildman–Crippen MR) is 79.6 cm³/mol. The quantitative estimate of drug-likeness (QED) is 0.694. The predicted octanol–water partition coefficient (Wildman–Crippen LogP) is 3.26. The summed E-state index contributed by atoms with van der Waals surface area (Å²) in [6, 6.07) is 10.4. The van der Waals surface area contributed by atoms with Crippen LogP contribution in [-0.2, 0) is 0 Å². The Morgan fingerprint density at radius 1 is 1.09 bits per heavy atom. The van der Waals surface area contributed by atoms with Gasteiger partial charge in [0.2, 0.25) is 0 Å². The van der Waals surface area contributed by atoms with E-state index in [1.54, 1.807) is 18.3 Å². The van der Waals surface area contributed by atoms with E-state index in [0.717, 1.165) is 23.0 Å². The van der Waals surface area contributed by atoms with Crippen molar-refractivity contribution in [3.8, 4) is 0 Å². The number of aromatic amines is 1. The molecule has 0 aliphatic rings. The number of hydrogen-bond acceptors (Lipinski definition) is 2. The molecule has 0 saturated carbocycles. The van der Waals surface area contributed by atoms with E-state index < -0.39 is 17.7 Å². The van der Waals surface area contributed by atoms with Crippen LogP contribution in [0.25, 0.3) is 10.9 Å². The van der Waals surface area contributed by atoms with Crippen LogP contribution >= 0.6 is 0 Å². The number of halogens is 1. The second-order valence-corrected chi connectivity index (χ2v) is 4.70. The molecule has 1 heterocycles. The lowest BCUT2D eigenvalue weighted by Gasteiger charge is -2.08. The number of para-hydroxylation sites is 1. The molecule has 0 atom stereocenters. The number of hydrogen-bond donors (Lipinski definition) is 3. The Morgan fingerprint density at radius 3 is 2.64 bits per heavy atom. The average molecular weight is 298 g/mol. The molecule has 3 aromatic rings. The highest BCUT2D eigenvalue weighted by Gasteiger charge is 2.16. The Balaban J connectivity index is 1.97. The van der Waals surface area contributed by atoms with Crippen molar-refractivity contribution in [2.75, 3.05) is 5.32 Å². The van der Waals surface area contributed by atoms with E-state index in [1.165, 1.54) is 6.07 Å². The smallest absolute Gasteiger partial charge is 0.337 e.